The Kier molecular flexibility index (Phi) is 2.26. The van der Waals surface area contributed by atoms with E-state index in [1.165, 1.54) is 0 Å². The quantitative estimate of drug-likeness (QED) is 0.717. The van der Waals surface area contributed by atoms with Crippen LogP contribution in [0.3, 0.4) is 0 Å². The van der Waals surface area contributed by atoms with E-state index in [9.17, 15) is 0 Å². The number of aryl methyl sites for hydroxylation is 2. The molecule has 0 saturated carbocycles. The van der Waals surface area contributed by atoms with E-state index >= 15 is 0 Å². The third-order valence-electron chi connectivity index (χ3n) is 2.06. The zero-order valence-electron chi connectivity index (χ0n) is 8.31. The number of nitrogens with zero attached hydrogens (tertiary/aromatic N) is 4. The Hall–Kier alpha value is -1.71. The van der Waals surface area contributed by atoms with Crippen molar-refractivity contribution in [3.8, 4) is 5.82 Å². The first kappa shape index (κ1) is 8.87. The minimum Gasteiger partial charge on any atom is -0.286 e. The van der Waals surface area contributed by atoms with Crippen LogP contribution in [0, 0.1) is 6.92 Å². The molecule has 0 unspecified atom stereocenters. The highest BCUT2D eigenvalue weighted by Crippen LogP contribution is 2.08. The summed E-state index contributed by atoms with van der Waals surface area (Å²) in [7, 11) is 0. The van der Waals surface area contributed by atoms with Crippen LogP contribution < -0.4 is 0 Å². The predicted octanol–water partition coefficient (Wildman–Crippen LogP) is 1.53. The predicted molar refractivity (Wildman–Crippen MR) is 53.3 cm³/mol. The molecule has 0 aliphatic rings. The molecule has 0 atom stereocenters. The molecule has 2 aromatic rings. The van der Waals surface area contributed by atoms with Gasteiger partial charge in [0.05, 0.1) is 6.20 Å². The van der Waals surface area contributed by atoms with Gasteiger partial charge in [-0.3, -0.25) is 4.57 Å². The minimum absolute atomic E-state index is 0.833. The van der Waals surface area contributed by atoms with Crippen molar-refractivity contribution in [3.05, 3.63) is 36.0 Å². The van der Waals surface area contributed by atoms with E-state index in [1.807, 2.05) is 23.8 Å². The molecule has 2 aromatic heterocycles. The molecule has 0 amide bonds. The smallest absolute Gasteiger partial charge is 0.160 e. The Morgan fingerprint density at radius 1 is 1.43 bits per heavy atom. The maximum Gasteiger partial charge on any atom is 0.160 e. The van der Waals surface area contributed by atoms with Gasteiger partial charge in [-0.15, -0.1) is 5.10 Å². The number of aromatic nitrogens is 4. The van der Waals surface area contributed by atoms with Gasteiger partial charge in [0.15, 0.2) is 5.82 Å². The fourth-order valence-electron chi connectivity index (χ4n) is 1.37. The first-order valence-corrected chi connectivity index (χ1v) is 4.63. The van der Waals surface area contributed by atoms with Crippen LogP contribution in [0.25, 0.3) is 5.82 Å². The van der Waals surface area contributed by atoms with Crippen LogP contribution in [0.2, 0.25) is 0 Å². The average molecular weight is 188 g/mol. The largest absolute Gasteiger partial charge is 0.286 e. The molecule has 0 bridgehead atoms. The van der Waals surface area contributed by atoms with Gasteiger partial charge in [-0.1, -0.05) is 6.92 Å². The molecule has 0 spiro atoms. The van der Waals surface area contributed by atoms with Crippen molar-refractivity contribution >= 4 is 0 Å². The second kappa shape index (κ2) is 3.57. The zero-order chi connectivity index (χ0) is 9.97. The molecule has 72 valence electrons. The molecular formula is C10H12N4. The van der Waals surface area contributed by atoms with Gasteiger partial charge >= 0.3 is 0 Å². The van der Waals surface area contributed by atoms with Crippen LogP contribution in [-0.2, 0) is 6.42 Å². The van der Waals surface area contributed by atoms with Crippen LogP contribution in [0.5, 0.6) is 0 Å². The van der Waals surface area contributed by atoms with Gasteiger partial charge in [0.25, 0.3) is 0 Å². The number of hydrogen-bond donors (Lipinski definition) is 0. The molecule has 0 aromatic carbocycles. The molecule has 4 heteroatoms. The van der Waals surface area contributed by atoms with Gasteiger partial charge in [0, 0.05) is 18.8 Å². The second-order valence-electron chi connectivity index (χ2n) is 3.16. The zero-order valence-corrected chi connectivity index (χ0v) is 8.31. The summed E-state index contributed by atoms with van der Waals surface area (Å²) in [5.41, 5.74) is 1.10. The number of hydrogen-bond acceptors (Lipinski definition) is 3. The Balaban J connectivity index is 2.49. The SMILES string of the molecule is CCc1nccn1-c1cc(C)cnn1. The molecule has 0 aliphatic heterocycles. The lowest BCUT2D eigenvalue weighted by Crippen LogP contribution is -2.02. The lowest BCUT2D eigenvalue weighted by atomic mass is 10.3. The summed E-state index contributed by atoms with van der Waals surface area (Å²) in [5, 5.41) is 7.98. The molecule has 4 nitrogen and oxygen atoms in total. The molecule has 2 heterocycles. The van der Waals surface area contributed by atoms with Crippen molar-refractivity contribution in [1.82, 2.24) is 19.7 Å². The van der Waals surface area contributed by atoms with Crippen LogP contribution in [-0.4, -0.2) is 19.7 Å². The molecule has 0 radical (unpaired) electrons. The summed E-state index contributed by atoms with van der Waals surface area (Å²) in [6.45, 7) is 4.07. The van der Waals surface area contributed by atoms with Gasteiger partial charge in [0.2, 0.25) is 0 Å². The van der Waals surface area contributed by atoms with Crippen molar-refractivity contribution in [2.75, 3.05) is 0 Å². The normalized spacial score (nSPS) is 10.4. The van der Waals surface area contributed by atoms with Crippen molar-refractivity contribution in [1.29, 1.82) is 0 Å². The van der Waals surface area contributed by atoms with Gasteiger partial charge in [0.1, 0.15) is 5.82 Å². The summed E-state index contributed by atoms with van der Waals surface area (Å²) < 4.78 is 1.96. The monoisotopic (exact) mass is 188 g/mol. The molecule has 0 fully saturated rings. The standard InChI is InChI=1S/C10H12N4/c1-3-9-11-4-5-14(9)10-6-8(2)7-12-13-10/h4-7H,3H2,1-2H3. The lowest BCUT2D eigenvalue weighted by Gasteiger charge is -2.04. The molecule has 14 heavy (non-hydrogen) atoms. The van der Waals surface area contributed by atoms with Gasteiger partial charge in [-0.25, -0.2) is 4.98 Å². The molecule has 0 N–H and O–H groups in total. The molecular weight excluding hydrogens is 176 g/mol. The van der Waals surface area contributed by atoms with E-state index in [4.69, 9.17) is 0 Å². The van der Waals surface area contributed by atoms with E-state index in [-0.39, 0.29) is 0 Å². The van der Waals surface area contributed by atoms with E-state index in [2.05, 4.69) is 22.1 Å². The summed E-state index contributed by atoms with van der Waals surface area (Å²) in [6.07, 6.45) is 6.32. The molecule has 0 aliphatic carbocycles. The summed E-state index contributed by atoms with van der Waals surface area (Å²) in [6, 6.07) is 1.99. The van der Waals surface area contributed by atoms with Gasteiger partial charge in [-0.2, -0.15) is 5.10 Å². The van der Waals surface area contributed by atoms with Crippen molar-refractivity contribution in [2.24, 2.45) is 0 Å². The number of imidazole rings is 1. The highest BCUT2D eigenvalue weighted by Gasteiger charge is 2.03. The van der Waals surface area contributed by atoms with E-state index in [0.717, 1.165) is 23.6 Å². The fraction of sp³-hybridized carbons (Fsp3) is 0.300. The van der Waals surface area contributed by atoms with Crippen LogP contribution >= 0.6 is 0 Å². The molecule has 2 rings (SSSR count). The summed E-state index contributed by atoms with van der Waals surface area (Å²) in [5.74, 6) is 1.84. The molecule has 0 saturated heterocycles. The van der Waals surface area contributed by atoms with Crippen LogP contribution in [0.1, 0.15) is 18.3 Å². The van der Waals surface area contributed by atoms with Gasteiger partial charge < -0.3 is 0 Å². The summed E-state index contributed by atoms with van der Waals surface area (Å²) >= 11 is 0. The Labute approximate surface area is 82.6 Å². The Morgan fingerprint density at radius 2 is 2.29 bits per heavy atom. The third-order valence-corrected chi connectivity index (χ3v) is 2.06. The Morgan fingerprint density at radius 3 is 3.00 bits per heavy atom. The van der Waals surface area contributed by atoms with E-state index < -0.39 is 0 Å². The third kappa shape index (κ3) is 1.51. The van der Waals surface area contributed by atoms with Crippen molar-refractivity contribution in [3.63, 3.8) is 0 Å². The van der Waals surface area contributed by atoms with Crippen LogP contribution in [0.15, 0.2) is 24.7 Å². The highest BCUT2D eigenvalue weighted by atomic mass is 15.2. The summed E-state index contributed by atoms with van der Waals surface area (Å²) in [4.78, 5) is 4.24. The van der Waals surface area contributed by atoms with Crippen molar-refractivity contribution in [2.45, 2.75) is 20.3 Å². The van der Waals surface area contributed by atoms with Crippen LogP contribution in [0.4, 0.5) is 0 Å². The number of rotatable bonds is 2. The Bertz CT molecular complexity index is 433. The first-order chi connectivity index (χ1) is 6.81. The topological polar surface area (TPSA) is 43.6 Å². The van der Waals surface area contributed by atoms with Gasteiger partial charge in [-0.05, 0) is 18.6 Å². The average Bonchev–Trinajstić information content (AvgIpc) is 2.65. The maximum absolute atomic E-state index is 4.24. The highest BCUT2D eigenvalue weighted by molar-refractivity contribution is 5.26. The maximum atomic E-state index is 4.24. The first-order valence-electron chi connectivity index (χ1n) is 4.63. The lowest BCUT2D eigenvalue weighted by molar-refractivity contribution is 0.835. The second-order valence-corrected chi connectivity index (χ2v) is 3.16. The van der Waals surface area contributed by atoms with E-state index in [0.29, 0.717) is 0 Å². The fourth-order valence-corrected chi connectivity index (χ4v) is 1.37. The van der Waals surface area contributed by atoms with E-state index in [1.54, 1.807) is 12.4 Å². The minimum atomic E-state index is 0.833. The van der Waals surface area contributed by atoms with Crippen molar-refractivity contribution < 1.29 is 0 Å².